The number of nitrogens with two attached hydrogens (primary N) is 1. The third-order valence-electron chi connectivity index (χ3n) is 3.24. The second-order valence-corrected chi connectivity index (χ2v) is 5.32. The van der Waals surface area contributed by atoms with Gasteiger partial charge in [-0.1, -0.05) is 39.0 Å². The van der Waals surface area contributed by atoms with Crippen molar-refractivity contribution in [3.63, 3.8) is 0 Å². The summed E-state index contributed by atoms with van der Waals surface area (Å²) in [6.45, 7) is 6.46. The summed E-state index contributed by atoms with van der Waals surface area (Å²) >= 11 is 0. The molecular formula is C16H23N5. The molecule has 0 saturated heterocycles. The highest BCUT2D eigenvalue weighted by molar-refractivity contribution is 5.63. The number of anilines is 3. The smallest absolute Gasteiger partial charge is 0.145 e. The number of nitrogens with zero attached hydrogens (tertiary/aromatic N) is 2. The molecule has 0 radical (unpaired) electrons. The molecule has 0 fully saturated rings. The first kappa shape index (κ1) is 15.3. The number of hydrazine groups is 1. The van der Waals surface area contributed by atoms with E-state index >= 15 is 0 Å². The van der Waals surface area contributed by atoms with Crippen molar-refractivity contribution >= 4 is 17.3 Å². The van der Waals surface area contributed by atoms with E-state index in [1.54, 1.807) is 0 Å². The second-order valence-electron chi connectivity index (χ2n) is 5.32. The van der Waals surface area contributed by atoms with E-state index in [1.165, 1.54) is 5.56 Å². The molecule has 5 nitrogen and oxygen atoms in total. The normalized spacial score (nSPS) is 10.7. The van der Waals surface area contributed by atoms with E-state index in [-0.39, 0.29) is 0 Å². The lowest BCUT2D eigenvalue weighted by atomic mass is 10.0. The number of hydrogen-bond donors (Lipinski definition) is 3. The highest BCUT2D eigenvalue weighted by Gasteiger charge is 2.08. The van der Waals surface area contributed by atoms with E-state index in [2.05, 4.69) is 59.7 Å². The highest BCUT2D eigenvalue weighted by atomic mass is 15.3. The molecule has 0 spiro atoms. The number of nitrogens with one attached hydrogen (secondary N) is 2. The molecule has 2 rings (SSSR count). The monoisotopic (exact) mass is 285 g/mol. The summed E-state index contributed by atoms with van der Waals surface area (Å²) in [6, 6.07) is 10.1. The summed E-state index contributed by atoms with van der Waals surface area (Å²) in [7, 11) is 0. The van der Waals surface area contributed by atoms with Gasteiger partial charge < -0.3 is 10.7 Å². The van der Waals surface area contributed by atoms with Crippen LogP contribution in [-0.4, -0.2) is 9.97 Å². The van der Waals surface area contributed by atoms with Crippen LogP contribution in [0.1, 0.15) is 44.5 Å². The average Bonchev–Trinajstić information content (AvgIpc) is 2.47. The lowest BCUT2D eigenvalue weighted by molar-refractivity contribution is 0.836. The molecule has 0 aliphatic rings. The Labute approximate surface area is 126 Å². The van der Waals surface area contributed by atoms with Crippen LogP contribution in [0.25, 0.3) is 0 Å². The number of aryl methyl sites for hydroxylation is 1. The van der Waals surface area contributed by atoms with Crippen molar-refractivity contribution in [2.45, 2.75) is 39.5 Å². The Bertz CT molecular complexity index is 595. The molecule has 0 unspecified atom stereocenters. The number of hydrogen-bond acceptors (Lipinski definition) is 5. The van der Waals surface area contributed by atoms with Crippen molar-refractivity contribution in [1.29, 1.82) is 0 Å². The number of rotatable bonds is 6. The predicted molar refractivity (Wildman–Crippen MR) is 87.7 cm³/mol. The first-order chi connectivity index (χ1) is 10.1. The molecule has 0 saturated carbocycles. The fourth-order valence-corrected chi connectivity index (χ4v) is 2.22. The molecule has 0 bridgehead atoms. The average molecular weight is 285 g/mol. The van der Waals surface area contributed by atoms with Gasteiger partial charge >= 0.3 is 0 Å². The summed E-state index contributed by atoms with van der Waals surface area (Å²) < 4.78 is 0. The van der Waals surface area contributed by atoms with Gasteiger partial charge in [-0.25, -0.2) is 15.8 Å². The maximum atomic E-state index is 5.49. The van der Waals surface area contributed by atoms with E-state index in [4.69, 9.17) is 5.84 Å². The van der Waals surface area contributed by atoms with Crippen molar-refractivity contribution in [3.8, 4) is 0 Å². The zero-order valence-electron chi connectivity index (χ0n) is 12.9. The van der Waals surface area contributed by atoms with Crippen LogP contribution in [0.3, 0.4) is 0 Å². The SMILES string of the molecule is CCCc1nc(NN)cc(Nc2ccccc2C(C)C)n1. The van der Waals surface area contributed by atoms with Gasteiger partial charge in [0.1, 0.15) is 17.5 Å². The van der Waals surface area contributed by atoms with Crippen molar-refractivity contribution in [2.24, 2.45) is 5.84 Å². The fraction of sp³-hybridized carbons (Fsp3) is 0.375. The maximum absolute atomic E-state index is 5.49. The largest absolute Gasteiger partial charge is 0.340 e. The third-order valence-corrected chi connectivity index (χ3v) is 3.24. The molecule has 1 heterocycles. The maximum Gasteiger partial charge on any atom is 0.145 e. The lowest BCUT2D eigenvalue weighted by Crippen LogP contribution is -2.11. The molecule has 2 aromatic rings. The van der Waals surface area contributed by atoms with Gasteiger partial charge in [0.05, 0.1) is 0 Å². The topological polar surface area (TPSA) is 75.9 Å². The molecule has 1 aromatic carbocycles. The lowest BCUT2D eigenvalue weighted by Gasteiger charge is -2.15. The van der Waals surface area contributed by atoms with Crippen molar-refractivity contribution < 1.29 is 0 Å². The Morgan fingerprint density at radius 1 is 1.14 bits per heavy atom. The van der Waals surface area contributed by atoms with Crippen LogP contribution < -0.4 is 16.6 Å². The van der Waals surface area contributed by atoms with Gasteiger partial charge in [-0.3, -0.25) is 0 Å². The quantitative estimate of drug-likeness (QED) is 0.558. The molecule has 21 heavy (non-hydrogen) atoms. The van der Waals surface area contributed by atoms with Crippen LogP contribution in [0.4, 0.5) is 17.3 Å². The third kappa shape index (κ3) is 3.92. The van der Waals surface area contributed by atoms with Crippen molar-refractivity contribution in [2.75, 3.05) is 10.7 Å². The minimum atomic E-state index is 0.442. The minimum Gasteiger partial charge on any atom is -0.340 e. The summed E-state index contributed by atoms with van der Waals surface area (Å²) in [5.74, 6) is 8.10. The van der Waals surface area contributed by atoms with Gasteiger partial charge in [0, 0.05) is 18.2 Å². The van der Waals surface area contributed by atoms with Gasteiger partial charge in [0.2, 0.25) is 0 Å². The van der Waals surface area contributed by atoms with Crippen LogP contribution in [0, 0.1) is 0 Å². The molecule has 1 aromatic heterocycles. The zero-order valence-corrected chi connectivity index (χ0v) is 12.9. The van der Waals surface area contributed by atoms with Crippen LogP contribution in [0.2, 0.25) is 0 Å². The first-order valence-corrected chi connectivity index (χ1v) is 7.34. The fourth-order valence-electron chi connectivity index (χ4n) is 2.22. The standard InChI is InChI=1S/C16H23N5/c1-4-7-14-19-15(10-16(20-14)21-17)18-13-9-6-5-8-12(13)11(2)3/h5-6,8-11H,4,7,17H2,1-3H3,(H2,18,19,20,21). The molecule has 0 aliphatic heterocycles. The minimum absolute atomic E-state index is 0.442. The summed E-state index contributed by atoms with van der Waals surface area (Å²) in [5.41, 5.74) is 4.92. The van der Waals surface area contributed by atoms with Crippen LogP contribution >= 0.6 is 0 Å². The molecule has 4 N–H and O–H groups in total. The van der Waals surface area contributed by atoms with Gasteiger partial charge in [-0.05, 0) is 24.0 Å². The van der Waals surface area contributed by atoms with Gasteiger partial charge in [-0.15, -0.1) is 0 Å². The van der Waals surface area contributed by atoms with Gasteiger partial charge in [-0.2, -0.15) is 0 Å². The molecular weight excluding hydrogens is 262 g/mol. The molecule has 112 valence electrons. The number of aromatic nitrogens is 2. The molecule has 0 amide bonds. The predicted octanol–water partition coefficient (Wildman–Crippen LogP) is 3.58. The first-order valence-electron chi connectivity index (χ1n) is 7.34. The Hall–Kier alpha value is -2.14. The van der Waals surface area contributed by atoms with E-state index in [0.29, 0.717) is 11.7 Å². The number of benzene rings is 1. The Kier molecular flexibility index (Phi) is 5.11. The number of para-hydroxylation sites is 1. The Balaban J connectivity index is 2.32. The van der Waals surface area contributed by atoms with Crippen molar-refractivity contribution in [3.05, 3.63) is 41.7 Å². The van der Waals surface area contributed by atoms with E-state index in [1.807, 2.05) is 12.1 Å². The van der Waals surface area contributed by atoms with E-state index < -0.39 is 0 Å². The highest BCUT2D eigenvalue weighted by Crippen LogP contribution is 2.26. The summed E-state index contributed by atoms with van der Waals surface area (Å²) in [5, 5.41) is 3.38. The van der Waals surface area contributed by atoms with Gasteiger partial charge in [0.25, 0.3) is 0 Å². The zero-order chi connectivity index (χ0) is 15.2. The van der Waals surface area contributed by atoms with Crippen molar-refractivity contribution in [1.82, 2.24) is 9.97 Å². The van der Waals surface area contributed by atoms with Crippen LogP contribution in [-0.2, 0) is 6.42 Å². The molecule has 0 atom stereocenters. The van der Waals surface area contributed by atoms with Gasteiger partial charge in [0.15, 0.2) is 0 Å². The molecule has 5 heteroatoms. The van der Waals surface area contributed by atoms with Crippen LogP contribution in [0.15, 0.2) is 30.3 Å². The van der Waals surface area contributed by atoms with E-state index in [9.17, 15) is 0 Å². The molecule has 0 aliphatic carbocycles. The second kappa shape index (κ2) is 7.04. The number of nitrogen functional groups attached to an aromatic ring is 1. The summed E-state index contributed by atoms with van der Waals surface area (Å²) in [4.78, 5) is 8.90. The van der Waals surface area contributed by atoms with E-state index in [0.717, 1.165) is 30.2 Å². The summed E-state index contributed by atoms with van der Waals surface area (Å²) in [6.07, 6.45) is 1.83. The Morgan fingerprint density at radius 2 is 1.86 bits per heavy atom. The van der Waals surface area contributed by atoms with Crippen LogP contribution in [0.5, 0.6) is 0 Å². The Morgan fingerprint density at radius 3 is 2.52 bits per heavy atom.